The Hall–Kier alpha value is -2.07. The van der Waals surface area contributed by atoms with Crippen molar-refractivity contribution in [2.24, 2.45) is 0 Å². The molecule has 23 heavy (non-hydrogen) atoms. The van der Waals surface area contributed by atoms with Gasteiger partial charge in [0, 0.05) is 25.0 Å². The number of nitrogens with one attached hydrogen (secondary N) is 1. The molecule has 0 spiro atoms. The summed E-state index contributed by atoms with van der Waals surface area (Å²) in [4.78, 5) is 14.6. The van der Waals surface area contributed by atoms with Crippen LogP contribution in [0.2, 0.25) is 0 Å². The van der Waals surface area contributed by atoms with Crippen LogP contribution in [0.1, 0.15) is 25.8 Å². The second-order valence-electron chi connectivity index (χ2n) is 6.28. The molecule has 1 N–H and O–H groups in total. The van der Waals surface area contributed by atoms with Crippen molar-refractivity contribution in [1.82, 2.24) is 10.2 Å². The Balaban J connectivity index is 1.89. The van der Waals surface area contributed by atoms with Gasteiger partial charge in [0.25, 0.3) is 0 Å². The fourth-order valence-electron chi connectivity index (χ4n) is 3.32. The molecule has 2 aromatic rings. The fourth-order valence-corrected chi connectivity index (χ4v) is 3.32. The van der Waals surface area contributed by atoms with Gasteiger partial charge in [-0.25, -0.2) is 0 Å². The van der Waals surface area contributed by atoms with Gasteiger partial charge in [0.05, 0.1) is 12.6 Å². The van der Waals surface area contributed by atoms with Gasteiger partial charge in [0.2, 0.25) is 5.91 Å². The zero-order valence-electron chi connectivity index (χ0n) is 14.1. The van der Waals surface area contributed by atoms with Gasteiger partial charge < -0.3 is 10.1 Å². The second kappa shape index (κ2) is 6.20. The van der Waals surface area contributed by atoms with Crippen molar-refractivity contribution >= 4 is 16.7 Å². The number of methoxy groups -OCH3 is 1. The second-order valence-corrected chi connectivity index (χ2v) is 6.28. The number of nitrogens with zero attached hydrogens (tertiary/aromatic N) is 1. The summed E-state index contributed by atoms with van der Waals surface area (Å²) in [6, 6.07) is 12.4. The molecule has 3 rings (SSSR count). The van der Waals surface area contributed by atoms with Gasteiger partial charge in [-0.2, -0.15) is 0 Å². The summed E-state index contributed by atoms with van der Waals surface area (Å²) in [6.45, 7) is 6.40. The summed E-state index contributed by atoms with van der Waals surface area (Å²) < 4.78 is 5.46. The summed E-state index contributed by atoms with van der Waals surface area (Å²) >= 11 is 0. The lowest BCUT2D eigenvalue weighted by molar-refractivity contribution is -0.141. The lowest BCUT2D eigenvalue weighted by Gasteiger charge is -2.49. The first-order chi connectivity index (χ1) is 11.1. The molecule has 1 saturated heterocycles. The third-order valence-corrected chi connectivity index (χ3v) is 4.95. The van der Waals surface area contributed by atoms with Gasteiger partial charge in [-0.15, -0.1) is 0 Å². The Morgan fingerprint density at radius 1 is 1.26 bits per heavy atom. The Labute approximate surface area is 137 Å². The Morgan fingerprint density at radius 2 is 2.00 bits per heavy atom. The average Bonchev–Trinajstić information content (AvgIpc) is 2.57. The summed E-state index contributed by atoms with van der Waals surface area (Å²) in [5.74, 6) is 1.02. The zero-order valence-corrected chi connectivity index (χ0v) is 14.1. The summed E-state index contributed by atoms with van der Waals surface area (Å²) in [7, 11) is 1.70. The average molecular weight is 312 g/mol. The molecule has 122 valence electrons. The largest absolute Gasteiger partial charge is 0.496 e. The third-order valence-electron chi connectivity index (χ3n) is 4.95. The predicted molar refractivity (Wildman–Crippen MR) is 92.6 cm³/mol. The van der Waals surface area contributed by atoms with Crippen LogP contribution in [0.4, 0.5) is 0 Å². The summed E-state index contributed by atoms with van der Waals surface area (Å²) in [5, 5.41) is 5.27. The highest BCUT2D eigenvalue weighted by atomic mass is 16.5. The minimum atomic E-state index is -0.392. The van der Waals surface area contributed by atoms with Crippen LogP contribution in [0.15, 0.2) is 36.4 Å². The van der Waals surface area contributed by atoms with Gasteiger partial charge in [-0.05, 0) is 37.3 Å². The molecule has 1 aliphatic rings. The number of hydrogen-bond acceptors (Lipinski definition) is 3. The number of rotatable bonds is 5. The topological polar surface area (TPSA) is 41.6 Å². The van der Waals surface area contributed by atoms with E-state index in [1.54, 1.807) is 7.11 Å². The van der Waals surface area contributed by atoms with E-state index in [1.807, 2.05) is 32.0 Å². The number of hydrogen-bond donors (Lipinski definition) is 1. The number of benzene rings is 2. The van der Waals surface area contributed by atoms with Crippen LogP contribution in [0.3, 0.4) is 0 Å². The van der Waals surface area contributed by atoms with Crippen molar-refractivity contribution in [2.75, 3.05) is 20.2 Å². The monoisotopic (exact) mass is 312 g/mol. The number of carbonyl (C=O) groups excluding carboxylic acids is 1. The molecule has 0 aliphatic carbocycles. The molecule has 1 fully saturated rings. The quantitative estimate of drug-likeness (QED) is 0.923. The lowest BCUT2D eigenvalue weighted by atomic mass is 9.84. The number of fused-ring (bicyclic) bond motifs is 1. The summed E-state index contributed by atoms with van der Waals surface area (Å²) in [6.07, 6.45) is 0.910. The number of amides is 1. The predicted octanol–water partition coefficient (Wildman–Crippen LogP) is 2.95. The first-order valence-corrected chi connectivity index (χ1v) is 8.18. The number of carbonyl (C=O) groups is 1. The SMILES string of the molecule is CCNC(=O)C1(C)CCN1Cc1ccc(OC)c2ccccc12. The molecule has 1 aliphatic heterocycles. The Kier molecular flexibility index (Phi) is 4.26. The normalized spacial score (nSPS) is 21.0. The first kappa shape index (κ1) is 15.8. The van der Waals surface area contributed by atoms with Crippen molar-refractivity contribution < 1.29 is 9.53 Å². The van der Waals surface area contributed by atoms with Crippen LogP contribution in [-0.2, 0) is 11.3 Å². The highest BCUT2D eigenvalue weighted by Crippen LogP contribution is 2.35. The van der Waals surface area contributed by atoms with Crippen LogP contribution in [0.5, 0.6) is 5.75 Å². The number of ether oxygens (including phenoxy) is 1. The van der Waals surface area contributed by atoms with Crippen LogP contribution >= 0.6 is 0 Å². The van der Waals surface area contributed by atoms with Crippen molar-refractivity contribution in [1.29, 1.82) is 0 Å². The van der Waals surface area contributed by atoms with E-state index in [0.29, 0.717) is 6.54 Å². The molecule has 4 nitrogen and oxygen atoms in total. The van der Waals surface area contributed by atoms with Crippen molar-refractivity contribution in [3.8, 4) is 5.75 Å². The molecule has 1 heterocycles. The molecule has 0 bridgehead atoms. The summed E-state index contributed by atoms with van der Waals surface area (Å²) in [5.41, 5.74) is 0.841. The van der Waals surface area contributed by atoms with Gasteiger partial charge >= 0.3 is 0 Å². The molecular weight excluding hydrogens is 288 g/mol. The molecule has 4 heteroatoms. The molecule has 2 aromatic carbocycles. The van der Waals surface area contributed by atoms with E-state index in [0.717, 1.165) is 30.6 Å². The Bertz CT molecular complexity index is 728. The molecule has 1 unspecified atom stereocenters. The third kappa shape index (κ3) is 2.68. The molecule has 1 atom stereocenters. The molecule has 0 saturated carbocycles. The van der Waals surface area contributed by atoms with E-state index in [4.69, 9.17) is 4.74 Å². The van der Waals surface area contributed by atoms with Crippen LogP contribution in [0.25, 0.3) is 10.8 Å². The maximum Gasteiger partial charge on any atom is 0.240 e. The van der Waals surface area contributed by atoms with Crippen molar-refractivity contribution in [3.05, 3.63) is 42.0 Å². The Morgan fingerprint density at radius 3 is 2.61 bits per heavy atom. The first-order valence-electron chi connectivity index (χ1n) is 8.18. The maximum absolute atomic E-state index is 12.3. The van der Waals surface area contributed by atoms with Crippen molar-refractivity contribution in [3.63, 3.8) is 0 Å². The van der Waals surface area contributed by atoms with Gasteiger partial charge in [0.1, 0.15) is 5.75 Å². The molecule has 0 radical (unpaired) electrons. The van der Waals surface area contributed by atoms with Gasteiger partial charge in [-0.1, -0.05) is 30.3 Å². The minimum Gasteiger partial charge on any atom is -0.496 e. The van der Waals surface area contributed by atoms with E-state index in [-0.39, 0.29) is 5.91 Å². The van der Waals surface area contributed by atoms with Crippen LogP contribution in [-0.4, -0.2) is 36.5 Å². The standard InChI is InChI=1S/C19H24N2O2/c1-4-20-18(22)19(2)11-12-21(19)13-14-9-10-17(23-3)16-8-6-5-7-15(14)16/h5-10H,4,11-13H2,1-3H3,(H,20,22). The molecular formula is C19H24N2O2. The lowest BCUT2D eigenvalue weighted by Crippen LogP contribution is -2.65. The van der Waals surface area contributed by atoms with Crippen molar-refractivity contribution in [2.45, 2.75) is 32.4 Å². The highest BCUT2D eigenvalue weighted by Gasteiger charge is 2.46. The fraction of sp³-hybridized carbons (Fsp3) is 0.421. The number of likely N-dealkylation sites (N-methyl/N-ethyl adjacent to an activating group) is 1. The molecule has 1 amide bonds. The van der Waals surface area contributed by atoms with Gasteiger partial charge in [-0.3, -0.25) is 9.69 Å². The van der Waals surface area contributed by atoms with Gasteiger partial charge in [0.15, 0.2) is 0 Å². The van der Waals surface area contributed by atoms with E-state index in [9.17, 15) is 4.79 Å². The van der Waals surface area contributed by atoms with Crippen LogP contribution in [0, 0.1) is 0 Å². The smallest absolute Gasteiger partial charge is 0.240 e. The number of likely N-dealkylation sites (tertiary alicyclic amines) is 1. The van der Waals surface area contributed by atoms with E-state index in [1.165, 1.54) is 10.9 Å². The highest BCUT2D eigenvalue weighted by molar-refractivity contribution is 5.91. The zero-order chi connectivity index (χ0) is 16.4. The maximum atomic E-state index is 12.3. The van der Waals surface area contributed by atoms with E-state index >= 15 is 0 Å². The minimum absolute atomic E-state index is 0.129. The van der Waals surface area contributed by atoms with Crippen LogP contribution < -0.4 is 10.1 Å². The molecule has 0 aromatic heterocycles. The van der Waals surface area contributed by atoms with E-state index < -0.39 is 5.54 Å². The van der Waals surface area contributed by atoms with E-state index in [2.05, 4.69) is 28.4 Å².